The number of nitriles is 1. The molecule has 2 aromatic heterocycles. The van der Waals surface area contributed by atoms with Crippen LogP contribution in [0.4, 0.5) is 0 Å². The van der Waals surface area contributed by atoms with Gasteiger partial charge in [0.2, 0.25) is 0 Å². The first kappa shape index (κ1) is 18.4. The summed E-state index contributed by atoms with van der Waals surface area (Å²) in [4.78, 5) is 19.7. The molecule has 4 heterocycles. The fourth-order valence-corrected chi connectivity index (χ4v) is 5.30. The van der Waals surface area contributed by atoms with Gasteiger partial charge in [-0.05, 0) is 69.4 Å². The van der Waals surface area contributed by atoms with E-state index in [1.165, 1.54) is 12.8 Å². The van der Waals surface area contributed by atoms with Crippen molar-refractivity contribution in [3.05, 3.63) is 53.3 Å². The molecule has 1 N–H and O–H groups in total. The summed E-state index contributed by atoms with van der Waals surface area (Å²) in [7, 11) is 0. The molecule has 3 fully saturated rings. The molecule has 1 amide bonds. The number of amides is 1. The smallest absolute Gasteiger partial charge is 0.251 e. The average molecular weight is 412 g/mol. The normalized spacial score (nSPS) is 24.5. The summed E-state index contributed by atoms with van der Waals surface area (Å²) in [5.41, 5.74) is 3.58. The van der Waals surface area contributed by atoms with Gasteiger partial charge in [-0.3, -0.25) is 4.79 Å². The van der Waals surface area contributed by atoms with Crippen molar-refractivity contribution in [2.45, 2.75) is 63.1 Å². The molecule has 3 aromatic rings. The highest BCUT2D eigenvalue weighted by molar-refractivity contribution is 5.99. The summed E-state index contributed by atoms with van der Waals surface area (Å²) in [6, 6.07) is 12.3. The van der Waals surface area contributed by atoms with Crippen LogP contribution < -0.4 is 5.32 Å². The van der Waals surface area contributed by atoms with Crippen molar-refractivity contribution in [3.8, 4) is 12.0 Å². The molecule has 6 rings (SSSR count). The van der Waals surface area contributed by atoms with Crippen molar-refractivity contribution in [2.24, 2.45) is 0 Å². The van der Waals surface area contributed by atoms with Gasteiger partial charge in [0.25, 0.3) is 5.91 Å². The SMILES string of the molecule is Cc1nn(-c2cccc(C3CC3)n2)c2ccc(C(=O)N[C@@H]3C[C@@H]4CC[C@H]3N4C#N)cc12. The van der Waals surface area contributed by atoms with E-state index >= 15 is 0 Å². The number of carbonyl (C=O) groups is 1. The second-order valence-corrected chi connectivity index (χ2v) is 9.05. The van der Waals surface area contributed by atoms with E-state index < -0.39 is 0 Å². The van der Waals surface area contributed by atoms with E-state index in [0.717, 1.165) is 47.4 Å². The third kappa shape index (κ3) is 2.97. The molecule has 2 bridgehead atoms. The van der Waals surface area contributed by atoms with Crippen molar-refractivity contribution in [1.29, 1.82) is 5.26 Å². The first-order valence-corrected chi connectivity index (χ1v) is 11.1. The van der Waals surface area contributed by atoms with E-state index in [2.05, 4.69) is 17.6 Å². The highest BCUT2D eigenvalue weighted by Gasteiger charge is 2.46. The molecular formula is C24H24N6O. The first-order valence-electron chi connectivity index (χ1n) is 11.1. The number of nitrogens with zero attached hydrogens (tertiary/aromatic N) is 5. The van der Waals surface area contributed by atoms with Crippen molar-refractivity contribution in [2.75, 3.05) is 0 Å². The number of fused-ring (bicyclic) bond motifs is 3. The van der Waals surface area contributed by atoms with E-state index in [1.54, 1.807) is 0 Å². The zero-order chi connectivity index (χ0) is 21.1. The number of carbonyl (C=O) groups excluding carboxylic acids is 1. The maximum atomic E-state index is 13.0. The zero-order valence-corrected chi connectivity index (χ0v) is 17.5. The van der Waals surface area contributed by atoms with Gasteiger partial charge in [-0.1, -0.05) is 6.07 Å². The van der Waals surface area contributed by atoms with Gasteiger partial charge in [0.05, 0.1) is 23.3 Å². The van der Waals surface area contributed by atoms with Crippen LogP contribution in [0.5, 0.6) is 0 Å². The third-order valence-corrected chi connectivity index (χ3v) is 7.06. The van der Waals surface area contributed by atoms with Crippen molar-refractivity contribution in [1.82, 2.24) is 25.0 Å². The van der Waals surface area contributed by atoms with Gasteiger partial charge >= 0.3 is 0 Å². The van der Waals surface area contributed by atoms with E-state index in [4.69, 9.17) is 10.1 Å². The topological polar surface area (TPSA) is 86.8 Å². The Morgan fingerprint density at radius 3 is 2.84 bits per heavy atom. The van der Waals surface area contributed by atoms with Crippen molar-refractivity contribution >= 4 is 16.8 Å². The Morgan fingerprint density at radius 2 is 2.06 bits per heavy atom. The fourth-order valence-electron chi connectivity index (χ4n) is 5.30. The van der Waals surface area contributed by atoms with Gasteiger partial charge in [0, 0.05) is 28.6 Å². The van der Waals surface area contributed by atoms with Gasteiger partial charge in [0.15, 0.2) is 12.0 Å². The van der Waals surface area contributed by atoms with Gasteiger partial charge in [0.1, 0.15) is 0 Å². The maximum Gasteiger partial charge on any atom is 0.251 e. The molecule has 7 heteroatoms. The molecule has 1 saturated carbocycles. The summed E-state index contributed by atoms with van der Waals surface area (Å²) in [6.45, 7) is 1.96. The van der Waals surface area contributed by atoms with Crippen LogP contribution in [0.25, 0.3) is 16.7 Å². The molecule has 0 radical (unpaired) electrons. The Morgan fingerprint density at radius 1 is 1.19 bits per heavy atom. The number of hydrogen-bond acceptors (Lipinski definition) is 5. The molecule has 7 nitrogen and oxygen atoms in total. The largest absolute Gasteiger partial charge is 0.347 e. The van der Waals surface area contributed by atoms with Crippen molar-refractivity contribution in [3.63, 3.8) is 0 Å². The molecule has 3 atom stereocenters. The molecule has 1 aromatic carbocycles. The van der Waals surface area contributed by atoms with Gasteiger partial charge < -0.3 is 10.2 Å². The van der Waals surface area contributed by atoms with E-state index in [1.807, 2.05) is 46.8 Å². The van der Waals surface area contributed by atoms with Crippen molar-refractivity contribution < 1.29 is 4.79 Å². The molecular weight excluding hydrogens is 388 g/mol. The van der Waals surface area contributed by atoms with E-state index in [-0.39, 0.29) is 24.0 Å². The Kier molecular flexibility index (Phi) is 4.04. The van der Waals surface area contributed by atoms with Crippen LogP contribution in [0, 0.1) is 18.4 Å². The molecule has 2 aliphatic heterocycles. The Balaban J connectivity index is 1.28. The van der Waals surface area contributed by atoms with Gasteiger partial charge in [-0.25, -0.2) is 9.67 Å². The third-order valence-electron chi connectivity index (χ3n) is 7.06. The summed E-state index contributed by atoms with van der Waals surface area (Å²) < 4.78 is 1.87. The summed E-state index contributed by atoms with van der Waals surface area (Å²) in [5.74, 6) is 1.32. The number of aryl methyl sites for hydroxylation is 1. The highest BCUT2D eigenvalue weighted by atomic mass is 16.1. The second-order valence-electron chi connectivity index (χ2n) is 9.05. The lowest BCUT2D eigenvalue weighted by Crippen LogP contribution is -2.43. The van der Waals surface area contributed by atoms with Crippen LogP contribution in [0.1, 0.15) is 59.8 Å². The summed E-state index contributed by atoms with van der Waals surface area (Å²) in [5, 5.41) is 18.2. The number of rotatable bonds is 4. The molecule has 2 saturated heterocycles. The Hall–Kier alpha value is -3.40. The number of hydrogen-bond donors (Lipinski definition) is 1. The molecule has 156 valence electrons. The highest BCUT2D eigenvalue weighted by Crippen LogP contribution is 2.39. The van der Waals surface area contributed by atoms with Crippen LogP contribution >= 0.6 is 0 Å². The van der Waals surface area contributed by atoms with Gasteiger partial charge in [-0.15, -0.1) is 0 Å². The van der Waals surface area contributed by atoms with E-state index in [0.29, 0.717) is 11.5 Å². The number of nitrogens with one attached hydrogen (secondary N) is 1. The Labute approximate surface area is 180 Å². The number of pyridine rings is 1. The minimum Gasteiger partial charge on any atom is -0.347 e. The predicted octanol–water partition coefficient (Wildman–Crippen LogP) is 3.42. The van der Waals surface area contributed by atoms with Crippen LogP contribution in [0.15, 0.2) is 36.4 Å². The molecule has 0 spiro atoms. The van der Waals surface area contributed by atoms with Crippen LogP contribution in [0.2, 0.25) is 0 Å². The monoisotopic (exact) mass is 412 g/mol. The van der Waals surface area contributed by atoms with Crippen LogP contribution in [-0.2, 0) is 0 Å². The molecule has 0 unspecified atom stereocenters. The number of aromatic nitrogens is 3. The Bertz CT molecular complexity index is 1240. The second kappa shape index (κ2) is 6.81. The average Bonchev–Trinajstić information content (AvgIpc) is 3.40. The van der Waals surface area contributed by atoms with Gasteiger partial charge in [-0.2, -0.15) is 10.4 Å². The lowest BCUT2D eigenvalue weighted by atomic mass is 9.95. The maximum absolute atomic E-state index is 13.0. The lowest BCUT2D eigenvalue weighted by Gasteiger charge is -2.21. The molecule has 1 aliphatic carbocycles. The lowest BCUT2D eigenvalue weighted by molar-refractivity contribution is 0.0928. The predicted molar refractivity (Wildman–Crippen MR) is 116 cm³/mol. The summed E-state index contributed by atoms with van der Waals surface area (Å²) in [6.07, 6.45) is 7.59. The van der Waals surface area contributed by atoms with Crippen LogP contribution in [-0.4, -0.2) is 43.7 Å². The van der Waals surface area contributed by atoms with Crippen LogP contribution in [0.3, 0.4) is 0 Å². The van der Waals surface area contributed by atoms with E-state index in [9.17, 15) is 10.1 Å². The quantitative estimate of drug-likeness (QED) is 0.664. The first-order chi connectivity index (χ1) is 15.1. The zero-order valence-electron chi connectivity index (χ0n) is 17.5. The number of benzene rings is 1. The standard InChI is InChI=1S/C24H24N6O/c1-14-18-11-16(24(31)27-20-12-17-8-10-22(20)29(17)13-25)7-9-21(18)30(28-14)23-4-2-3-19(26-23)15-5-6-15/h2-4,7,9,11,15,17,20,22H,5-6,8,10,12H2,1H3,(H,27,31)/t17-,20+,22+/m0/s1. The summed E-state index contributed by atoms with van der Waals surface area (Å²) >= 11 is 0. The fraction of sp³-hybridized carbons (Fsp3) is 0.417. The minimum atomic E-state index is -0.0849. The minimum absolute atomic E-state index is 0.0415. The molecule has 3 aliphatic rings. The molecule has 31 heavy (non-hydrogen) atoms.